The lowest BCUT2D eigenvalue weighted by molar-refractivity contribution is -0.154. The molecular weight excluding hydrogens is 216 g/mol. The van der Waals surface area contributed by atoms with E-state index in [1.54, 1.807) is 0 Å². The van der Waals surface area contributed by atoms with Crippen LogP contribution >= 0.6 is 0 Å². The maximum absolute atomic E-state index is 11.6. The first kappa shape index (κ1) is 14.2. The molecule has 0 bridgehead atoms. The van der Waals surface area contributed by atoms with Crippen molar-refractivity contribution in [3.05, 3.63) is 0 Å². The van der Waals surface area contributed by atoms with Crippen molar-refractivity contribution < 1.29 is 29.1 Å². The molecule has 0 amide bonds. The van der Waals surface area contributed by atoms with Gasteiger partial charge in [0.15, 0.2) is 23.1 Å². The van der Waals surface area contributed by atoms with E-state index in [2.05, 4.69) is 0 Å². The quantitative estimate of drug-likeness (QED) is 0.630. The molecule has 0 saturated heterocycles. The zero-order chi connectivity index (χ0) is 13.1. The summed E-state index contributed by atoms with van der Waals surface area (Å²) in [6, 6.07) is 0. The van der Waals surface area contributed by atoms with Gasteiger partial charge in [0.25, 0.3) is 0 Å². The molecule has 16 heavy (non-hydrogen) atoms. The predicted octanol–water partition coefficient (Wildman–Crippen LogP) is -0.216. The van der Waals surface area contributed by atoms with Crippen LogP contribution in [0.4, 0.5) is 0 Å². The third-order valence-electron chi connectivity index (χ3n) is 2.31. The van der Waals surface area contributed by atoms with E-state index in [-0.39, 0.29) is 0 Å². The van der Waals surface area contributed by atoms with Crippen LogP contribution in [0, 0.1) is 5.41 Å². The first-order valence-corrected chi connectivity index (χ1v) is 4.45. The van der Waals surface area contributed by atoms with Gasteiger partial charge in [-0.25, -0.2) is 0 Å². The lowest BCUT2D eigenvalue weighted by Crippen LogP contribution is -2.50. The maximum atomic E-state index is 11.6. The van der Waals surface area contributed by atoms with Crippen LogP contribution in [-0.2, 0) is 24.0 Å². The molecule has 0 aliphatic heterocycles. The highest BCUT2D eigenvalue weighted by molar-refractivity contribution is 6.38. The molecule has 88 valence electrons. The van der Waals surface area contributed by atoms with Crippen molar-refractivity contribution in [2.75, 3.05) is 0 Å². The fourth-order valence-corrected chi connectivity index (χ4v) is 1.60. The average Bonchev–Trinajstić information content (AvgIpc) is 1.99. The van der Waals surface area contributed by atoms with E-state index in [9.17, 15) is 24.0 Å². The van der Waals surface area contributed by atoms with Crippen molar-refractivity contribution >= 4 is 29.1 Å². The third kappa shape index (κ3) is 2.21. The van der Waals surface area contributed by atoms with Gasteiger partial charge in [-0.15, -0.1) is 0 Å². The first-order chi connectivity index (χ1) is 7.17. The molecule has 0 aromatic carbocycles. The van der Waals surface area contributed by atoms with Crippen molar-refractivity contribution in [1.82, 2.24) is 0 Å². The Morgan fingerprint density at radius 3 is 1.38 bits per heavy atom. The number of hydrogen-bond donors (Lipinski definition) is 1. The fourth-order valence-electron chi connectivity index (χ4n) is 1.60. The van der Waals surface area contributed by atoms with Crippen LogP contribution in [0.5, 0.6) is 0 Å². The SMILES string of the molecule is CC(=O)C(C(C)=O)(C(C)=O)C(=O)CC(=O)O. The third-order valence-corrected chi connectivity index (χ3v) is 2.31. The standard InChI is InChI=1S/C10H12O6/c1-5(11)10(6(2)12,7(3)13)8(14)4-9(15)16/h4H2,1-3H3,(H,15,16). The van der Waals surface area contributed by atoms with E-state index in [1.165, 1.54) is 0 Å². The average molecular weight is 228 g/mol. The molecule has 0 atom stereocenters. The summed E-state index contributed by atoms with van der Waals surface area (Å²) < 4.78 is 0. The molecule has 0 radical (unpaired) electrons. The zero-order valence-electron chi connectivity index (χ0n) is 9.20. The number of carboxylic acid groups (broad SMARTS) is 1. The molecule has 0 fully saturated rings. The molecule has 0 unspecified atom stereocenters. The largest absolute Gasteiger partial charge is 0.481 e. The maximum Gasteiger partial charge on any atom is 0.310 e. The van der Waals surface area contributed by atoms with Crippen molar-refractivity contribution in [3.8, 4) is 0 Å². The molecule has 0 saturated carbocycles. The van der Waals surface area contributed by atoms with Crippen LogP contribution in [0.15, 0.2) is 0 Å². The Morgan fingerprint density at radius 2 is 1.19 bits per heavy atom. The van der Waals surface area contributed by atoms with Gasteiger partial charge in [0.1, 0.15) is 6.42 Å². The van der Waals surface area contributed by atoms with E-state index in [1.807, 2.05) is 0 Å². The molecule has 1 N–H and O–H groups in total. The second-order valence-corrected chi connectivity index (χ2v) is 3.41. The number of hydrogen-bond acceptors (Lipinski definition) is 5. The van der Waals surface area contributed by atoms with Crippen molar-refractivity contribution in [2.45, 2.75) is 27.2 Å². The summed E-state index contributed by atoms with van der Waals surface area (Å²) in [6.45, 7) is 2.76. The molecule has 0 heterocycles. The van der Waals surface area contributed by atoms with Gasteiger partial charge in [-0.05, 0) is 20.8 Å². The minimum absolute atomic E-state index is 0.919. The minimum Gasteiger partial charge on any atom is -0.481 e. The van der Waals surface area contributed by atoms with Gasteiger partial charge in [-0.1, -0.05) is 0 Å². The van der Waals surface area contributed by atoms with Gasteiger partial charge >= 0.3 is 5.97 Å². The van der Waals surface area contributed by atoms with Crippen LogP contribution in [0.1, 0.15) is 27.2 Å². The number of carbonyl (C=O) groups excluding carboxylic acids is 4. The van der Waals surface area contributed by atoms with E-state index in [0.717, 1.165) is 20.8 Å². The molecular formula is C10H12O6. The Balaban J connectivity index is 5.63. The van der Waals surface area contributed by atoms with Gasteiger partial charge in [0.2, 0.25) is 5.41 Å². The van der Waals surface area contributed by atoms with Crippen molar-refractivity contribution in [1.29, 1.82) is 0 Å². The molecule has 6 nitrogen and oxygen atoms in total. The molecule has 0 spiro atoms. The van der Waals surface area contributed by atoms with Crippen LogP contribution in [0.3, 0.4) is 0 Å². The van der Waals surface area contributed by atoms with Gasteiger partial charge in [0.05, 0.1) is 0 Å². The number of carboxylic acids is 1. The second-order valence-electron chi connectivity index (χ2n) is 3.41. The highest BCUT2D eigenvalue weighted by atomic mass is 16.4. The predicted molar refractivity (Wildman–Crippen MR) is 51.7 cm³/mol. The van der Waals surface area contributed by atoms with Crippen LogP contribution in [-0.4, -0.2) is 34.2 Å². The molecule has 0 rings (SSSR count). The van der Waals surface area contributed by atoms with Gasteiger partial charge in [-0.2, -0.15) is 0 Å². The fraction of sp³-hybridized carbons (Fsp3) is 0.500. The summed E-state index contributed by atoms with van der Waals surface area (Å²) in [5, 5.41) is 8.44. The molecule has 0 aromatic rings. The number of aliphatic carboxylic acids is 1. The Kier molecular flexibility index (Phi) is 4.23. The summed E-state index contributed by atoms with van der Waals surface area (Å²) in [7, 11) is 0. The minimum atomic E-state index is -2.45. The topological polar surface area (TPSA) is 106 Å². The molecule has 0 aromatic heterocycles. The van der Waals surface area contributed by atoms with E-state index < -0.39 is 40.9 Å². The number of rotatable bonds is 6. The van der Waals surface area contributed by atoms with Gasteiger partial charge < -0.3 is 5.11 Å². The highest BCUT2D eigenvalue weighted by Gasteiger charge is 2.52. The lowest BCUT2D eigenvalue weighted by Gasteiger charge is -2.22. The molecule has 0 aliphatic rings. The summed E-state index contributed by atoms with van der Waals surface area (Å²) in [5.74, 6) is -5.51. The normalized spacial score (nSPS) is 10.7. The van der Waals surface area contributed by atoms with E-state index >= 15 is 0 Å². The Hall–Kier alpha value is -1.85. The van der Waals surface area contributed by atoms with Crippen LogP contribution < -0.4 is 0 Å². The summed E-state index contributed by atoms with van der Waals surface area (Å²) in [4.78, 5) is 55.9. The smallest absolute Gasteiger partial charge is 0.310 e. The van der Waals surface area contributed by atoms with Crippen LogP contribution in [0.2, 0.25) is 0 Å². The van der Waals surface area contributed by atoms with E-state index in [0.29, 0.717) is 0 Å². The van der Waals surface area contributed by atoms with Crippen LogP contribution in [0.25, 0.3) is 0 Å². The Labute approximate surface area is 91.6 Å². The Bertz CT molecular complexity index is 343. The number of carbonyl (C=O) groups is 5. The monoisotopic (exact) mass is 228 g/mol. The van der Waals surface area contributed by atoms with Gasteiger partial charge in [-0.3, -0.25) is 24.0 Å². The number of Topliss-reactive ketones (excluding diaryl/α,β-unsaturated/α-hetero) is 4. The molecule has 0 aliphatic carbocycles. The summed E-state index contributed by atoms with van der Waals surface area (Å²) in [6.07, 6.45) is -1.03. The van der Waals surface area contributed by atoms with E-state index in [4.69, 9.17) is 5.11 Å². The van der Waals surface area contributed by atoms with Gasteiger partial charge in [0, 0.05) is 0 Å². The molecule has 6 heteroatoms. The first-order valence-electron chi connectivity index (χ1n) is 4.45. The second kappa shape index (κ2) is 4.78. The van der Waals surface area contributed by atoms with Crippen molar-refractivity contribution in [2.24, 2.45) is 5.41 Å². The van der Waals surface area contributed by atoms with Crippen molar-refractivity contribution in [3.63, 3.8) is 0 Å². The highest BCUT2D eigenvalue weighted by Crippen LogP contribution is 2.25. The zero-order valence-corrected chi connectivity index (χ0v) is 9.20. The number of ketones is 4. The lowest BCUT2D eigenvalue weighted by atomic mass is 9.72. The summed E-state index contributed by atoms with van der Waals surface area (Å²) in [5.41, 5.74) is -2.45. The Morgan fingerprint density at radius 1 is 0.875 bits per heavy atom. The summed E-state index contributed by atoms with van der Waals surface area (Å²) >= 11 is 0.